The molecule has 0 saturated carbocycles. The van der Waals surface area contributed by atoms with Gasteiger partial charge in [0.2, 0.25) is 0 Å². The number of hydrogen-bond donors (Lipinski definition) is 0. The van der Waals surface area contributed by atoms with Crippen molar-refractivity contribution >= 4 is 5.97 Å². The van der Waals surface area contributed by atoms with Gasteiger partial charge >= 0.3 is 5.97 Å². The summed E-state index contributed by atoms with van der Waals surface area (Å²) in [6.45, 7) is 3.50. The van der Waals surface area contributed by atoms with Gasteiger partial charge < -0.3 is 4.74 Å². The average Bonchev–Trinajstić information content (AvgIpc) is 2.94. The normalized spacial score (nSPS) is 11.1. The molecule has 9 heteroatoms. The lowest BCUT2D eigenvalue weighted by Gasteiger charge is -2.07. The lowest BCUT2D eigenvalue weighted by Crippen LogP contribution is -2.13. The van der Waals surface area contributed by atoms with Gasteiger partial charge in [0.1, 0.15) is 5.69 Å². The van der Waals surface area contributed by atoms with Crippen molar-refractivity contribution in [1.82, 2.24) is 24.8 Å². The maximum atomic E-state index is 13.2. The molecule has 0 fully saturated rings. The smallest absolute Gasteiger partial charge is 0.361 e. The molecule has 114 valence electrons. The van der Waals surface area contributed by atoms with Gasteiger partial charge in [-0.25, -0.2) is 18.3 Å². The SMILES string of the molecule is CCOC(=O)c1nnn(Cc2cc(C)nn2C)c1C(F)F. The molecule has 0 bridgehead atoms. The molecule has 0 aromatic carbocycles. The number of halogens is 2. The van der Waals surface area contributed by atoms with Gasteiger partial charge in [-0.3, -0.25) is 4.68 Å². The van der Waals surface area contributed by atoms with Crippen LogP contribution in [0.2, 0.25) is 0 Å². The summed E-state index contributed by atoms with van der Waals surface area (Å²) >= 11 is 0. The standard InChI is InChI=1S/C12H15F2N5O2/c1-4-21-12(20)9-10(11(13)14)19(17-15-9)6-8-5-7(2)16-18(8)3/h5,11H,4,6H2,1-3H3. The molecule has 2 rings (SSSR count). The van der Waals surface area contributed by atoms with E-state index in [1.165, 1.54) is 0 Å². The molecule has 0 aliphatic carbocycles. The molecular formula is C12H15F2N5O2. The Morgan fingerprint density at radius 3 is 2.71 bits per heavy atom. The minimum absolute atomic E-state index is 0.0451. The summed E-state index contributed by atoms with van der Waals surface area (Å²) < 4.78 is 33.7. The van der Waals surface area contributed by atoms with Crippen molar-refractivity contribution in [3.05, 3.63) is 28.8 Å². The van der Waals surface area contributed by atoms with Gasteiger partial charge in [-0.05, 0) is 19.9 Å². The molecule has 0 N–H and O–H groups in total. The Morgan fingerprint density at radius 1 is 1.48 bits per heavy atom. The van der Waals surface area contributed by atoms with Crippen molar-refractivity contribution in [3.8, 4) is 0 Å². The predicted molar refractivity (Wildman–Crippen MR) is 68.0 cm³/mol. The minimum atomic E-state index is -2.88. The number of aromatic nitrogens is 5. The van der Waals surface area contributed by atoms with E-state index in [0.29, 0.717) is 5.69 Å². The highest BCUT2D eigenvalue weighted by Gasteiger charge is 2.27. The highest BCUT2D eigenvalue weighted by atomic mass is 19.3. The van der Waals surface area contributed by atoms with Crippen molar-refractivity contribution in [1.29, 1.82) is 0 Å². The number of ether oxygens (including phenoxy) is 1. The highest BCUT2D eigenvalue weighted by molar-refractivity contribution is 5.88. The van der Waals surface area contributed by atoms with Crippen LogP contribution in [-0.4, -0.2) is 37.4 Å². The first-order valence-electron chi connectivity index (χ1n) is 6.32. The fourth-order valence-electron chi connectivity index (χ4n) is 1.96. The molecule has 0 aliphatic rings. The molecule has 0 unspecified atom stereocenters. The number of rotatable bonds is 5. The van der Waals surface area contributed by atoms with E-state index < -0.39 is 23.8 Å². The average molecular weight is 299 g/mol. The van der Waals surface area contributed by atoms with Crippen molar-refractivity contribution in [2.24, 2.45) is 7.05 Å². The molecule has 21 heavy (non-hydrogen) atoms. The summed E-state index contributed by atoms with van der Waals surface area (Å²) in [5.74, 6) is -0.903. The van der Waals surface area contributed by atoms with Gasteiger partial charge in [0.25, 0.3) is 6.43 Å². The molecule has 0 radical (unpaired) electrons. The quantitative estimate of drug-likeness (QED) is 0.782. The van der Waals surface area contributed by atoms with E-state index >= 15 is 0 Å². The van der Waals surface area contributed by atoms with Gasteiger partial charge in [0.15, 0.2) is 5.69 Å². The van der Waals surface area contributed by atoms with Gasteiger partial charge in [-0.1, -0.05) is 5.21 Å². The van der Waals surface area contributed by atoms with E-state index in [4.69, 9.17) is 4.74 Å². The van der Waals surface area contributed by atoms with Gasteiger partial charge in [0, 0.05) is 7.05 Å². The fraction of sp³-hybridized carbons (Fsp3) is 0.500. The summed E-state index contributed by atoms with van der Waals surface area (Å²) in [4.78, 5) is 11.6. The summed E-state index contributed by atoms with van der Waals surface area (Å²) in [7, 11) is 1.70. The van der Waals surface area contributed by atoms with Gasteiger partial charge in [-0.2, -0.15) is 5.10 Å². The number of carbonyl (C=O) groups is 1. The third-order valence-electron chi connectivity index (χ3n) is 2.86. The van der Waals surface area contributed by atoms with Crippen molar-refractivity contribution in [2.75, 3.05) is 6.61 Å². The van der Waals surface area contributed by atoms with E-state index in [0.717, 1.165) is 10.4 Å². The highest BCUT2D eigenvalue weighted by Crippen LogP contribution is 2.23. The topological polar surface area (TPSA) is 74.8 Å². The maximum absolute atomic E-state index is 13.2. The Balaban J connectivity index is 2.36. The van der Waals surface area contributed by atoms with Gasteiger partial charge in [-0.15, -0.1) is 5.10 Å². The number of aryl methyl sites for hydroxylation is 2. The molecule has 2 aromatic rings. The summed E-state index contributed by atoms with van der Waals surface area (Å²) in [6, 6.07) is 1.75. The molecule has 0 saturated heterocycles. The fourth-order valence-corrected chi connectivity index (χ4v) is 1.96. The molecule has 7 nitrogen and oxygen atoms in total. The molecular weight excluding hydrogens is 284 g/mol. The second kappa shape index (κ2) is 5.98. The zero-order valence-corrected chi connectivity index (χ0v) is 11.9. The number of alkyl halides is 2. The maximum Gasteiger partial charge on any atom is 0.361 e. The van der Waals surface area contributed by atoms with Crippen LogP contribution in [0, 0.1) is 6.92 Å². The molecule has 2 aromatic heterocycles. The van der Waals surface area contributed by atoms with Crippen LogP contribution in [-0.2, 0) is 18.3 Å². The number of carbonyl (C=O) groups excluding carboxylic acids is 1. The molecule has 0 aliphatic heterocycles. The third-order valence-corrected chi connectivity index (χ3v) is 2.86. The van der Waals surface area contributed by atoms with Crippen molar-refractivity contribution in [2.45, 2.75) is 26.8 Å². The van der Waals surface area contributed by atoms with Crippen LogP contribution >= 0.6 is 0 Å². The van der Waals surface area contributed by atoms with Crippen molar-refractivity contribution < 1.29 is 18.3 Å². The monoisotopic (exact) mass is 299 g/mol. The van der Waals surface area contributed by atoms with Gasteiger partial charge in [0.05, 0.1) is 24.5 Å². The largest absolute Gasteiger partial charge is 0.461 e. The molecule has 0 amide bonds. The number of esters is 1. The summed E-state index contributed by atoms with van der Waals surface area (Å²) in [5, 5.41) is 11.3. The van der Waals surface area contributed by atoms with Crippen LogP contribution in [0.1, 0.15) is 40.9 Å². The Hall–Kier alpha value is -2.32. The van der Waals surface area contributed by atoms with E-state index in [2.05, 4.69) is 15.4 Å². The van der Waals surface area contributed by atoms with E-state index in [9.17, 15) is 13.6 Å². The predicted octanol–water partition coefficient (Wildman–Crippen LogP) is 1.48. The number of hydrogen-bond acceptors (Lipinski definition) is 5. The minimum Gasteiger partial charge on any atom is -0.461 e. The molecule has 0 atom stereocenters. The molecule has 2 heterocycles. The lowest BCUT2D eigenvalue weighted by molar-refractivity contribution is 0.0506. The first-order chi connectivity index (χ1) is 9.93. The lowest BCUT2D eigenvalue weighted by atomic mass is 10.3. The first kappa shape index (κ1) is 15.1. The van der Waals surface area contributed by atoms with E-state index in [1.807, 2.05) is 0 Å². The zero-order valence-electron chi connectivity index (χ0n) is 11.9. The van der Waals surface area contributed by atoms with Crippen LogP contribution in [0.25, 0.3) is 0 Å². The van der Waals surface area contributed by atoms with Crippen molar-refractivity contribution in [3.63, 3.8) is 0 Å². The summed E-state index contributed by atoms with van der Waals surface area (Å²) in [6.07, 6.45) is -2.88. The Morgan fingerprint density at radius 2 is 2.19 bits per heavy atom. The summed E-state index contributed by atoms with van der Waals surface area (Å²) in [5.41, 5.74) is 0.435. The van der Waals surface area contributed by atoms with Crippen LogP contribution in [0.5, 0.6) is 0 Å². The number of nitrogens with zero attached hydrogens (tertiary/aromatic N) is 5. The van der Waals surface area contributed by atoms with E-state index in [-0.39, 0.29) is 13.2 Å². The second-order valence-electron chi connectivity index (χ2n) is 4.40. The Bertz CT molecular complexity index is 650. The van der Waals surface area contributed by atoms with Crippen LogP contribution in [0.4, 0.5) is 8.78 Å². The Kier molecular flexibility index (Phi) is 4.29. The van der Waals surface area contributed by atoms with Crippen LogP contribution in [0.3, 0.4) is 0 Å². The Labute approximate surface area is 119 Å². The van der Waals surface area contributed by atoms with E-state index in [1.54, 1.807) is 31.6 Å². The second-order valence-corrected chi connectivity index (χ2v) is 4.40. The molecule has 0 spiro atoms. The zero-order chi connectivity index (χ0) is 15.6. The first-order valence-corrected chi connectivity index (χ1v) is 6.32. The van der Waals surface area contributed by atoms with Crippen LogP contribution < -0.4 is 0 Å². The van der Waals surface area contributed by atoms with Crippen LogP contribution in [0.15, 0.2) is 6.07 Å². The third kappa shape index (κ3) is 3.06.